The van der Waals surface area contributed by atoms with Crippen LogP contribution in [0.25, 0.3) is 11.0 Å². The van der Waals surface area contributed by atoms with E-state index in [-0.39, 0.29) is 18.1 Å². The molecule has 0 spiro atoms. The molecule has 0 radical (unpaired) electrons. The summed E-state index contributed by atoms with van der Waals surface area (Å²) in [5, 5.41) is 3.31. The lowest BCUT2D eigenvalue weighted by Gasteiger charge is -2.30. The number of imidazole rings is 1. The summed E-state index contributed by atoms with van der Waals surface area (Å²) in [6.45, 7) is 10.0. The average molecular weight is 389 g/mol. The number of aromatic nitrogens is 2. The lowest BCUT2D eigenvalue weighted by Crippen LogP contribution is -2.30. The van der Waals surface area contributed by atoms with Crippen LogP contribution in [0.2, 0.25) is 0 Å². The molecule has 29 heavy (non-hydrogen) atoms. The molecule has 1 unspecified atom stereocenters. The van der Waals surface area contributed by atoms with E-state index in [0.717, 1.165) is 28.2 Å². The van der Waals surface area contributed by atoms with Crippen LogP contribution in [0.1, 0.15) is 57.7 Å². The van der Waals surface area contributed by atoms with Crippen molar-refractivity contribution in [3.05, 3.63) is 70.9 Å². The zero-order chi connectivity index (χ0) is 20.7. The maximum Gasteiger partial charge on any atom is 0.338 e. The molecule has 1 aliphatic rings. The summed E-state index contributed by atoms with van der Waals surface area (Å²) in [6.07, 6.45) is -0.187. The Hall–Kier alpha value is -3.08. The molecule has 5 nitrogen and oxygen atoms in total. The van der Waals surface area contributed by atoms with Crippen molar-refractivity contribution < 1.29 is 9.53 Å². The van der Waals surface area contributed by atoms with Gasteiger partial charge in [0.2, 0.25) is 5.95 Å². The Morgan fingerprint density at radius 1 is 1.07 bits per heavy atom. The Morgan fingerprint density at radius 3 is 2.41 bits per heavy atom. The van der Waals surface area contributed by atoms with Crippen LogP contribution < -0.4 is 5.32 Å². The molecule has 1 N–H and O–H groups in total. The molecule has 0 bridgehead atoms. The van der Waals surface area contributed by atoms with Crippen molar-refractivity contribution in [2.45, 2.75) is 52.7 Å². The number of nitrogens with one attached hydrogen (secondary N) is 1. The molecule has 150 valence electrons. The number of hydrogen-bond acceptors (Lipinski definition) is 4. The average Bonchev–Trinajstić information content (AvgIpc) is 3.04. The third-order valence-electron chi connectivity index (χ3n) is 5.31. The van der Waals surface area contributed by atoms with Crippen molar-refractivity contribution in [2.24, 2.45) is 0 Å². The number of ether oxygens (including phenoxy) is 1. The van der Waals surface area contributed by atoms with Gasteiger partial charge in [-0.1, -0.05) is 50.2 Å². The molecule has 1 aliphatic heterocycles. The third-order valence-corrected chi connectivity index (χ3v) is 5.31. The summed E-state index contributed by atoms with van der Waals surface area (Å²) in [7, 11) is 0. The number of fused-ring (bicyclic) bond motifs is 3. The fourth-order valence-electron chi connectivity index (χ4n) is 3.88. The fourth-order valence-corrected chi connectivity index (χ4v) is 3.88. The van der Waals surface area contributed by atoms with Gasteiger partial charge in [-0.05, 0) is 49.9 Å². The highest BCUT2D eigenvalue weighted by Gasteiger charge is 2.35. The SMILES string of the molecule is CC1=C(C(=O)OC(C)C)C(c2ccc(C(C)C)cc2)n2c(nc3ccccc32)N1. The Labute approximate surface area is 171 Å². The highest BCUT2D eigenvalue weighted by Crippen LogP contribution is 2.39. The van der Waals surface area contributed by atoms with Crippen molar-refractivity contribution in [2.75, 3.05) is 5.32 Å². The van der Waals surface area contributed by atoms with Crippen LogP contribution in [-0.4, -0.2) is 21.6 Å². The second kappa shape index (κ2) is 7.39. The van der Waals surface area contributed by atoms with Gasteiger partial charge in [0.05, 0.1) is 28.8 Å². The van der Waals surface area contributed by atoms with Gasteiger partial charge in [0.1, 0.15) is 0 Å². The number of carbonyl (C=O) groups is 1. The molecular formula is C24H27N3O2. The van der Waals surface area contributed by atoms with Crippen molar-refractivity contribution in [3.63, 3.8) is 0 Å². The Morgan fingerprint density at radius 2 is 1.76 bits per heavy atom. The number of benzene rings is 2. The zero-order valence-corrected chi connectivity index (χ0v) is 17.6. The molecule has 4 rings (SSSR count). The van der Waals surface area contributed by atoms with Gasteiger partial charge in [0.15, 0.2) is 0 Å². The van der Waals surface area contributed by atoms with Crippen LogP contribution in [-0.2, 0) is 9.53 Å². The molecule has 0 saturated heterocycles. The monoisotopic (exact) mass is 389 g/mol. The number of para-hydroxylation sites is 2. The van der Waals surface area contributed by atoms with Crippen LogP contribution >= 0.6 is 0 Å². The van der Waals surface area contributed by atoms with Crippen molar-refractivity contribution in [3.8, 4) is 0 Å². The van der Waals surface area contributed by atoms with E-state index in [1.807, 2.05) is 45.0 Å². The molecule has 0 fully saturated rings. The Balaban J connectivity index is 1.92. The largest absolute Gasteiger partial charge is 0.459 e. The lowest BCUT2D eigenvalue weighted by molar-refractivity contribution is -0.143. The van der Waals surface area contributed by atoms with Crippen LogP contribution in [0, 0.1) is 0 Å². The van der Waals surface area contributed by atoms with Gasteiger partial charge < -0.3 is 10.1 Å². The summed E-state index contributed by atoms with van der Waals surface area (Å²) < 4.78 is 7.71. The first kappa shape index (κ1) is 19.2. The van der Waals surface area contributed by atoms with Gasteiger partial charge >= 0.3 is 5.97 Å². The first-order valence-electron chi connectivity index (χ1n) is 10.1. The summed E-state index contributed by atoms with van der Waals surface area (Å²) >= 11 is 0. The van der Waals surface area contributed by atoms with Gasteiger partial charge in [-0.2, -0.15) is 0 Å². The van der Waals surface area contributed by atoms with Gasteiger partial charge in [0, 0.05) is 5.70 Å². The highest BCUT2D eigenvalue weighted by atomic mass is 16.5. The van der Waals surface area contributed by atoms with E-state index in [1.54, 1.807) is 0 Å². The second-order valence-electron chi connectivity index (χ2n) is 8.14. The summed E-state index contributed by atoms with van der Waals surface area (Å²) in [5.74, 6) is 0.887. The minimum atomic E-state index is -0.300. The third kappa shape index (κ3) is 3.41. The minimum Gasteiger partial charge on any atom is -0.459 e. The molecule has 5 heteroatoms. The first-order chi connectivity index (χ1) is 13.9. The molecule has 0 aliphatic carbocycles. The van der Waals surface area contributed by atoms with E-state index in [9.17, 15) is 4.79 Å². The second-order valence-corrected chi connectivity index (χ2v) is 8.14. The summed E-state index contributed by atoms with van der Waals surface area (Å²) in [6, 6.07) is 16.2. The molecule has 1 aromatic heterocycles. The normalized spacial score (nSPS) is 16.3. The van der Waals surface area contributed by atoms with E-state index < -0.39 is 0 Å². The molecule has 2 heterocycles. The fraction of sp³-hybridized carbons (Fsp3) is 0.333. The van der Waals surface area contributed by atoms with E-state index in [2.05, 4.69) is 48.0 Å². The van der Waals surface area contributed by atoms with Crippen molar-refractivity contribution in [1.82, 2.24) is 9.55 Å². The number of esters is 1. The van der Waals surface area contributed by atoms with Crippen molar-refractivity contribution in [1.29, 1.82) is 0 Å². The predicted molar refractivity (Wildman–Crippen MR) is 116 cm³/mol. The standard InChI is InChI=1S/C24H27N3O2/c1-14(2)17-10-12-18(13-11-17)22-21(23(28)29-15(3)4)16(5)25-24-26-19-8-6-7-9-20(19)27(22)24/h6-15,22H,1-5H3,(H,25,26). The van der Waals surface area contributed by atoms with E-state index in [4.69, 9.17) is 9.72 Å². The Bertz CT molecular complexity index is 1090. The number of hydrogen-bond donors (Lipinski definition) is 1. The molecule has 2 aromatic carbocycles. The number of nitrogens with zero attached hydrogens (tertiary/aromatic N) is 2. The summed E-state index contributed by atoms with van der Waals surface area (Å²) in [4.78, 5) is 17.8. The van der Waals surface area contributed by atoms with Gasteiger partial charge in [-0.3, -0.25) is 4.57 Å². The highest BCUT2D eigenvalue weighted by molar-refractivity contribution is 5.94. The smallest absolute Gasteiger partial charge is 0.338 e. The molecule has 0 saturated carbocycles. The number of rotatable bonds is 4. The van der Waals surface area contributed by atoms with Gasteiger partial charge in [0.25, 0.3) is 0 Å². The predicted octanol–water partition coefficient (Wildman–Crippen LogP) is 5.40. The van der Waals surface area contributed by atoms with Crippen LogP contribution in [0.5, 0.6) is 0 Å². The minimum absolute atomic E-state index is 0.187. The molecule has 0 amide bonds. The first-order valence-corrected chi connectivity index (χ1v) is 10.1. The van der Waals surface area contributed by atoms with Crippen molar-refractivity contribution >= 4 is 23.0 Å². The Kier molecular flexibility index (Phi) is 4.91. The maximum absolute atomic E-state index is 13.1. The van der Waals surface area contributed by atoms with Crippen LogP contribution in [0.4, 0.5) is 5.95 Å². The maximum atomic E-state index is 13.1. The molecule has 1 atom stereocenters. The topological polar surface area (TPSA) is 56.2 Å². The van der Waals surface area contributed by atoms with Gasteiger partial charge in [-0.15, -0.1) is 0 Å². The lowest BCUT2D eigenvalue weighted by atomic mass is 9.92. The van der Waals surface area contributed by atoms with E-state index in [1.165, 1.54) is 5.56 Å². The number of anilines is 1. The number of allylic oxidation sites excluding steroid dienone is 1. The van der Waals surface area contributed by atoms with Crippen LogP contribution in [0.3, 0.4) is 0 Å². The quantitative estimate of drug-likeness (QED) is 0.607. The van der Waals surface area contributed by atoms with E-state index >= 15 is 0 Å². The zero-order valence-electron chi connectivity index (χ0n) is 17.6. The number of carbonyl (C=O) groups excluding carboxylic acids is 1. The van der Waals surface area contributed by atoms with E-state index in [0.29, 0.717) is 11.5 Å². The molecule has 3 aromatic rings. The molecular weight excluding hydrogens is 362 g/mol. The summed E-state index contributed by atoms with van der Waals surface area (Å²) in [5.41, 5.74) is 5.57. The van der Waals surface area contributed by atoms with Gasteiger partial charge in [-0.25, -0.2) is 9.78 Å². The van der Waals surface area contributed by atoms with Crippen LogP contribution in [0.15, 0.2) is 59.8 Å².